The van der Waals surface area contributed by atoms with Crippen molar-refractivity contribution < 1.29 is 14.0 Å². The van der Waals surface area contributed by atoms with Gasteiger partial charge in [-0.3, -0.25) is 4.48 Å². The number of carbonyl (C=O) groups excluding carboxylic acids is 1. The minimum absolute atomic E-state index is 0.144. The Labute approximate surface area is 86.9 Å². The summed E-state index contributed by atoms with van der Waals surface area (Å²) in [4.78, 5) is 11.1. The number of carbonyl (C=O) groups is 1. The van der Waals surface area contributed by atoms with E-state index < -0.39 is 0 Å². The zero-order valence-corrected chi connectivity index (χ0v) is 10.1. The fraction of sp³-hybridized carbons (Fsp3) is 0.700. The van der Waals surface area contributed by atoms with Gasteiger partial charge in [-0.1, -0.05) is 6.58 Å². The number of quaternary nitrogens is 1. The maximum Gasteiger partial charge on any atom is 0.337 e. The standard InChI is InChI=1S/C9H18NO2.CH5N/c1-7(2)9(11)12-8(3)10(4,5)6;1-2/h8H,1H2,2-6H3;2H2,1H3/q+1;. The molecule has 0 radical (unpaired) electrons. The van der Waals surface area contributed by atoms with Crippen LogP contribution in [0.15, 0.2) is 12.2 Å². The van der Waals surface area contributed by atoms with E-state index in [1.54, 1.807) is 6.92 Å². The van der Waals surface area contributed by atoms with Crippen LogP contribution in [0.1, 0.15) is 13.8 Å². The van der Waals surface area contributed by atoms with Gasteiger partial charge in [-0.05, 0) is 14.0 Å². The molecule has 0 fully saturated rings. The lowest BCUT2D eigenvalue weighted by molar-refractivity contribution is -0.914. The van der Waals surface area contributed by atoms with Crippen LogP contribution in [-0.4, -0.2) is 44.9 Å². The molecule has 0 spiro atoms. The molecule has 2 N–H and O–H groups in total. The summed E-state index contributed by atoms with van der Waals surface area (Å²) in [6.07, 6.45) is -0.144. The van der Waals surface area contributed by atoms with Crippen LogP contribution in [0.4, 0.5) is 0 Å². The van der Waals surface area contributed by atoms with Crippen LogP contribution in [0.2, 0.25) is 0 Å². The van der Waals surface area contributed by atoms with E-state index in [1.807, 2.05) is 28.1 Å². The van der Waals surface area contributed by atoms with Crippen LogP contribution in [0, 0.1) is 0 Å². The summed E-state index contributed by atoms with van der Waals surface area (Å²) in [6.45, 7) is 7.01. The molecule has 0 bridgehead atoms. The summed E-state index contributed by atoms with van der Waals surface area (Å²) in [5.74, 6) is -0.324. The van der Waals surface area contributed by atoms with Gasteiger partial charge in [-0.15, -0.1) is 0 Å². The van der Waals surface area contributed by atoms with Crippen molar-refractivity contribution in [2.45, 2.75) is 20.1 Å². The summed E-state index contributed by atoms with van der Waals surface area (Å²) in [7, 11) is 7.41. The smallest absolute Gasteiger partial charge is 0.337 e. The Morgan fingerprint density at radius 2 is 1.71 bits per heavy atom. The molecule has 4 heteroatoms. The van der Waals surface area contributed by atoms with Crippen LogP contribution in [0.25, 0.3) is 0 Å². The highest BCUT2D eigenvalue weighted by Gasteiger charge is 2.22. The Kier molecular flexibility index (Phi) is 7.31. The van der Waals surface area contributed by atoms with Gasteiger partial charge < -0.3 is 10.5 Å². The maximum atomic E-state index is 11.1. The SMILES string of the molecule is C=C(C)C(=O)OC(C)[N+](C)(C)C.CN. The van der Waals surface area contributed by atoms with E-state index >= 15 is 0 Å². The highest BCUT2D eigenvalue weighted by molar-refractivity contribution is 5.86. The van der Waals surface area contributed by atoms with E-state index in [0.717, 1.165) is 0 Å². The third-order valence-electron chi connectivity index (χ3n) is 1.72. The second kappa shape index (κ2) is 6.56. The van der Waals surface area contributed by atoms with Gasteiger partial charge in [-0.2, -0.15) is 0 Å². The summed E-state index contributed by atoms with van der Waals surface area (Å²) in [5.41, 5.74) is 4.94. The number of rotatable bonds is 3. The van der Waals surface area contributed by atoms with Crippen molar-refractivity contribution in [3.63, 3.8) is 0 Å². The monoisotopic (exact) mass is 203 g/mol. The fourth-order valence-corrected chi connectivity index (χ4v) is 0.414. The molecule has 0 aliphatic heterocycles. The Morgan fingerprint density at radius 1 is 1.36 bits per heavy atom. The van der Waals surface area contributed by atoms with E-state index in [1.165, 1.54) is 7.05 Å². The Bertz CT molecular complexity index is 195. The molecule has 0 aromatic heterocycles. The number of ether oxygens (including phenoxy) is 1. The molecule has 0 amide bonds. The Balaban J connectivity index is 0. The van der Waals surface area contributed by atoms with Crippen molar-refractivity contribution in [2.24, 2.45) is 5.73 Å². The number of hydrogen-bond donors (Lipinski definition) is 1. The Morgan fingerprint density at radius 3 is 1.93 bits per heavy atom. The van der Waals surface area contributed by atoms with Crippen molar-refractivity contribution in [3.8, 4) is 0 Å². The molecule has 0 aromatic rings. The van der Waals surface area contributed by atoms with Gasteiger partial charge in [0.25, 0.3) is 0 Å². The summed E-state index contributed by atoms with van der Waals surface area (Å²) >= 11 is 0. The first kappa shape index (κ1) is 15.6. The summed E-state index contributed by atoms with van der Waals surface area (Å²) in [5, 5.41) is 0. The molecular weight excluding hydrogens is 180 g/mol. The summed E-state index contributed by atoms with van der Waals surface area (Å²) < 4.78 is 5.71. The molecule has 0 aliphatic rings. The molecule has 0 saturated heterocycles. The molecule has 0 saturated carbocycles. The normalized spacial score (nSPS) is 12.2. The van der Waals surface area contributed by atoms with Crippen molar-refractivity contribution >= 4 is 5.97 Å². The number of nitrogens with zero attached hydrogens (tertiary/aromatic N) is 1. The molecule has 0 heterocycles. The lowest BCUT2D eigenvalue weighted by Gasteiger charge is -2.30. The molecule has 4 nitrogen and oxygen atoms in total. The molecule has 0 aromatic carbocycles. The van der Waals surface area contributed by atoms with Crippen LogP contribution in [0.3, 0.4) is 0 Å². The number of nitrogens with two attached hydrogens (primary N) is 1. The number of esters is 1. The molecule has 84 valence electrons. The van der Waals surface area contributed by atoms with Gasteiger partial charge in [0.2, 0.25) is 6.23 Å². The molecular formula is C10H23N2O2+. The molecule has 0 aliphatic carbocycles. The molecule has 14 heavy (non-hydrogen) atoms. The zero-order valence-electron chi connectivity index (χ0n) is 10.1. The van der Waals surface area contributed by atoms with Crippen LogP contribution in [0.5, 0.6) is 0 Å². The average molecular weight is 203 g/mol. The van der Waals surface area contributed by atoms with Crippen molar-refractivity contribution in [1.82, 2.24) is 0 Å². The highest BCUT2D eigenvalue weighted by atomic mass is 16.6. The first-order valence-corrected chi connectivity index (χ1v) is 4.50. The minimum atomic E-state index is -0.324. The predicted octanol–water partition coefficient (Wildman–Crippen LogP) is 0.733. The van der Waals surface area contributed by atoms with Crippen LogP contribution < -0.4 is 5.73 Å². The largest absolute Gasteiger partial charge is 0.409 e. The quantitative estimate of drug-likeness (QED) is 0.318. The topological polar surface area (TPSA) is 52.3 Å². The maximum absolute atomic E-state index is 11.1. The van der Waals surface area contributed by atoms with Gasteiger partial charge in [0.1, 0.15) is 0 Å². The predicted molar refractivity (Wildman–Crippen MR) is 58.5 cm³/mol. The van der Waals surface area contributed by atoms with Crippen molar-refractivity contribution in [3.05, 3.63) is 12.2 Å². The third kappa shape index (κ3) is 6.62. The van der Waals surface area contributed by atoms with Gasteiger partial charge >= 0.3 is 5.97 Å². The summed E-state index contributed by atoms with van der Waals surface area (Å²) in [6, 6.07) is 0. The van der Waals surface area contributed by atoms with E-state index in [2.05, 4.69) is 12.3 Å². The lowest BCUT2D eigenvalue weighted by atomic mass is 10.3. The first-order chi connectivity index (χ1) is 6.25. The molecule has 0 rings (SSSR count). The van der Waals surface area contributed by atoms with Crippen molar-refractivity contribution in [2.75, 3.05) is 28.2 Å². The first-order valence-electron chi connectivity index (χ1n) is 4.50. The fourth-order valence-electron chi connectivity index (χ4n) is 0.414. The van der Waals surface area contributed by atoms with Gasteiger partial charge in [0.15, 0.2) is 0 Å². The van der Waals surface area contributed by atoms with Crippen molar-refractivity contribution in [1.29, 1.82) is 0 Å². The van der Waals surface area contributed by atoms with E-state index in [9.17, 15) is 4.79 Å². The van der Waals surface area contributed by atoms with Gasteiger partial charge in [-0.25, -0.2) is 4.79 Å². The van der Waals surface area contributed by atoms with Crippen LogP contribution in [-0.2, 0) is 9.53 Å². The average Bonchev–Trinajstić information content (AvgIpc) is 2.06. The van der Waals surface area contributed by atoms with E-state index in [0.29, 0.717) is 10.1 Å². The number of hydrogen-bond acceptors (Lipinski definition) is 3. The van der Waals surface area contributed by atoms with E-state index in [4.69, 9.17) is 4.74 Å². The Hall–Kier alpha value is -0.870. The second-order valence-electron chi connectivity index (χ2n) is 3.90. The molecule has 1 atom stereocenters. The highest BCUT2D eigenvalue weighted by Crippen LogP contribution is 2.06. The third-order valence-corrected chi connectivity index (χ3v) is 1.72. The van der Waals surface area contributed by atoms with Gasteiger partial charge in [0, 0.05) is 12.5 Å². The van der Waals surface area contributed by atoms with Gasteiger partial charge in [0.05, 0.1) is 21.1 Å². The lowest BCUT2D eigenvalue weighted by Crippen LogP contribution is -2.45. The van der Waals surface area contributed by atoms with E-state index in [-0.39, 0.29) is 12.2 Å². The van der Waals surface area contributed by atoms with Crippen LogP contribution >= 0.6 is 0 Å². The molecule has 1 unspecified atom stereocenters. The minimum Gasteiger partial charge on any atom is -0.409 e. The zero-order chi connectivity index (χ0) is 11.9. The second-order valence-corrected chi connectivity index (χ2v) is 3.90.